The molecule has 0 bridgehead atoms. The topological polar surface area (TPSA) is 108 Å². The second kappa shape index (κ2) is 6.47. The van der Waals surface area contributed by atoms with E-state index in [9.17, 15) is 14.4 Å². The van der Waals surface area contributed by atoms with Gasteiger partial charge in [0, 0.05) is 18.0 Å². The summed E-state index contributed by atoms with van der Waals surface area (Å²) in [6.45, 7) is 0. The summed E-state index contributed by atoms with van der Waals surface area (Å²) in [5, 5.41) is 9.25. The number of carbonyl (C=O) groups is 3. The molecule has 0 aliphatic rings. The number of hydrogen-bond acceptors (Lipinski definition) is 4. The third kappa shape index (κ3) is 4.00. The molecule has 3 N–H and O–H groups in total. The normalized spacial score (nSPS) is 10.1. The third-order valence-corrected chi connectivity index (χ3v) is 2.73. The Balaban J connectivity index is 1.95. The summed E-state index contributed by atoms with van der Waals surface area (Å²) in [5.74, 6) is -2.16. The summed E-state index contributed by atoms with van der Waals surface area (Å²) in [4.78, 5) is 37.6. The molecule has 7 heteroatoms. The molecule has 7 nitrogen and oxygen atoms in total. The Hall–Kier alpha value is -2.96. The van der Waals surface area contributed by atoms with Gasteiger partial charge in [-0.05, 0) is 12.1 Å². The fraction of sp³-hybridized carbons (Fsp3) is 0.143. The van der Waals surface area contributed by atoms with Crippen LogP contribution >= 0.6 is 0 Å². The molecule has 0 fully saturated rings. The van der Waals surface area contributed by atoms with Crippen LogP contribution in [-0.4, -0.2) is 27.9 Å². The smallest absolute Gasteiger partial charge is 0.303 e. The molecule has 1 aromatic heterocycles. The highest BCUT2D eigenvalue weighted by molar-refractivity contribution is 5.98. The van der Waals surface area contributed by atoms with E-state index in [1.54, 1.807) is 6.07 Å². The van der Waals surface area contributed by atoms with Gasteiger partial charge in [-0.3, -0.25) is 30.2 Å². The minimum atomic E-state index is -1.07. The second-order valence-corrected chi connectivity index (χ2v) is 4.31. The van der Waals surface area contributed by atoms with E-state index in [0.717, 1.165) is 10.9 Å². The van der Waals surface area contributed by atoms with Crippen molar-refractivity contribution >= 4 is 28.7 Å². The lowest BCUT2D eigenvalue weighted by atomic mass is 10.1. The Morgan fingerprint density at radius 2 is 1.86 bits per heavy atom. The number of carbonyl (C=O) groups excluding carboxylic acids is 2. The monoisotopic (exact) mass is 287 g/mol. The number of rotatable bonds is 4. The molecule has 0 saturated heterocycles. The Kier molecular flexibility index (Phi) is 4.45. The quantitative estimate of drug-likeness (QED) is 0.723. The van der Waals surface area contributed by atoms with Crippen molar-refractivity contribution in [3.63, 3.8) is 0 Å². The molecule has 1 heterocycles. The van der Waals surface area contributed by atoms with E-state index in [1.165, 1.54) is 6.20 Å². The van der Waals surface area contributed by atoms with E-state index in [1.807, 2.05) is 24.3 Å². The van der Waals surface area contributed by atoms with Crippen molar-refractivity contribution in [2.24, 2.45) is 0 Å². The largest absolute Gasteiger partial charge is 0.481 e. The van der Waals surface area contributed by atoms with Gasteiger partial charge in [-0.2, -0.15) is 0 Å². The van der Waals surface area contributed by atoms with E-state index in [2.05, 4.69) is 15.8 Å². The van der Waals surface area contributed by atoms with E-state index in [0.29, 0.717) is 5.56 Å². The van der Waals surface area contributed by atoms with Gasteiger partial charge in [0.15, 0.2) is 0 Å². The van der Waals surface area contributed by atoms with Crippen LogP contribution in [0.1, 0.15) is 23.2 Å². The highest BCUT2D eigenvalue weighted by atomic mass is 16.4. The molecule has 0 saturated carbocycles. The van der Waals surface area contributed by atoms with Crippen molar-refractivity contribution in [2.45, 2.75) is 12.8 Å². The molecule has 0 unspecified atom stereocenters. The van der Waals surface area contributed by atoms with E-state index in [4.69, 9.17) is 5.11 Å². The third-order valence-electron chi connectivity index (χ3n) is 2.73. The first kappa shape index (κ1) is 14.4. The SMILES string of the molecule is O=C(O)CCC(=O)NNC(=O)c1cnc2ccccc2c1. The zero-order valence-corrected chi connectivity index (χ0v) is 11.0. The highest BCUT2D eigenvalue weighted by Crippen LogP contribution is 2.12. The van der Waals surface area contributed by atoms with Gasteiger partial charge in [0.05, 0.1) is 17.5 Å². The zero-order chi connectivity index (χ0) is 15.2. The number of amides is 2. The predicted octanol–water partition coefficient (Wildman–Crippen LogP) is 0.861. The molecule has 0 spiro atoms. The van der Waals surface area contributed by atoms with E-state index in [-0.39, 0.29) is 12.8 Å². The molecular weight excluding hydrogens is 274 g/mol. The van der Waals surface area contributed by atoms with Gasteiger partial charge in [0.1, 0.15) is 0 Å². The molecule has 1 aromatic carbocycles. The number of hydrogen-bond donors (Lipinski definition) is 3. The van der Waals surface area contributed by atoms with Gasteiger partial charge >= 0.3 is 5.97 Å². The van der Waals surface area contributed by atoms with Crippen molar-refractivity contribution in [3.8, 4) is 0 Å². The molecule has 21 heavy (non-hydrogen) atoms. The first-order valence-corrected chi connectivity index (χ1v) is 6.22. The lowest BCUT2D eigenvalue weighted by molar-refractivity contribution is -0.138. The Morgan fingerprint density at radius 1 is 1.10 bits per heavy atom. The lowest BCUT2D eigenvalue weighted by Gasteiger charge is -2.07. The standard InChI is InChI=1S/C14H13N3O4/c18-12(5-6-13(19)20)16-17-14(21)10-7-9-3-1-2-4-11(9)15-8-10/h1-4,7-8H,5-6H2,(H,16,18)(H,17,21)(H,19,20). The number of benzene rings is 1. The summed E-state index contributed by atoms with van der Waals surface area (Å²) in [7, 11) is 0. The van der Waals surface area contributed by atoms with Crippen molar-refractivity contribution < 1.29 is 19.5 Å². The Labute approximate surface area is 120 Å². The van der Waals surface area contributed by atoms with Crippen molar-refractivity contribution in [3.05, 3.63) is 42.1 Å². The lowest BCUT2D eigenvalue weighted by Crippen LogP contribution is -2.41. The second-order valence-electron chi connectivity index (χ2n) is 4.31. The zero-order valence-electron chi connectivity index (χ0n) is 11.0. The average Bonchev–Trinajstić information content (AvgIpc) is 2.50. The molecule has 0 atom stereocenters. The minimum absolute atomic E-state index is 0.203. The maximum absolute atomic E-state index is 11.8. The number of nitrogens with zero attached hydrogens (tertiary/aromatic N) is 1. The highest BCUT2D eigenvalue weighted by Gasteiger charge is 2.09. The van der Waals surface area contributed by atoms with Gasteiger partial charge < -0.3 is 5.11 Å². The van der Waals surface area contributed by atoms with Gasteiger partial charge in [0.2, 0.25) is 5.91 Å². The van der Waals surface area contributed by atoms with Crippen LogP contribution in [0.25, 0.3) is 10.9 Å². The predicted molar refractivity (Wildman–Crippen MR) is 74.2 cm³/mol. The fourth-order valence-electron chi connectivity index (χ4n) is 1.68. The number of hydrazine groups is 1. The summed E-state index contributed by atoms with van der Waals surface area (Å²) in [5.41, 5.74) is 5.43. The molecule has 2 amide bonds. The van der Waals surface area contributed by atoms with Crippen LogP contribution in [0.4, 0.5) is 0 Å². The molecule has 0 aliphatic carbocycles. The van der Waals surface area contributed by atoms with Crippen LogP contribution < -0.4 is 10.9 Å². The van der Waals surface area contributed by atoms with Gasteiger partial charge in [-0.15, -0.1) is 0 Å². The van der Waals surface area contributed by atoms with Crippen LogP contribution in [0.5, 0.6) is 0 Å². The Morgan fingerprint density at radius 3 is 2.62 bits per heavy atom. The van der Waals surface area contributed by atoms with Crippen molar-refractivity contribution in [1.82, 2.24) is 15.8 Å². The average molecular weight is 287 g/mol. The number of aliphatic carboxylic acids is 1. The molecule has 2 rings (SSSR count). The van der Waals surface area contributed by atoms with Gasteiger partial charge in [0.25, 0.3) is 5.91 Å². The first-order chi connectivity index (χ1) is 10.1. The molecule has 2 aromatic rings. The number of nitrogens with one attached hydrogen (secondary N) is 2. The molecule has 0 aliphatic heterocycles. The number of carboxylic acid groups (broad SMARTS) is 1. The van der Waals surface area contributed by atoms with Crippen LogP contribution in [0, 0.1) is 0 Å². The van der Waals surface area contributed by atoms with Crippen LogP contribution in [0.3, 0.4) is 0 Å². The maximum Gasteiger partial charge on any atom is 0.303 e. The number of carboxylic acids is 1. The summed E-state index contributed by atoms with van der Waals surface area (Å²) < 4.78 is 0. The van der Waals surface area contributed by atoms with Gasteiger partial charge in [-0.25, -0.2) is 0 Å². The van der Waals surface area contributed by atoms with Crippen LogP contribution in [-0.2, 0) is 9.59 Å². The van der Waals surface area contributed by atoms with Crippen molar-refractivity contribution in [1.29, 1.82) is 0 Å². The van der Waals surface area contributed by atoms with E-state index >= 15 is 0 Å². The number of pyridine rings is 1. The molecule has 0 radical (unpaired) electrons. The summed E-state index contributed by atoms with van der Waals surface area (Å²) >= 11 is 0. The number of fused-ring (bicyclic) bond motifs is 1. The summed E-state index contributed by atoms with van der Waals surface area (Å²) in [6, 6.07) is 8.98. The van der Waals surface area contributed by atoms with Crippen LogP contribution in [0.2, 0.25) is 0 Å². The van der Waals surface area contributed by atoms with E-state index < -0.39 is 17.8 Å². The molecular formula is C14H13N3O4. The van der Waals surface area contributed by atoms with Gasteiger partial charge in [-0.1, -0.05) is 18.2 Å². The number of aromatic nitrogens is 1. The Bertz CT molecular complexity index is 699. The summed E-state index contributed by atoms with van der Waals surface area (Å²) in [6.07, 6.45) is 0.909. The maximum atomic E-state index is 11.8. The molecule has 108 valence electrons. The van der Waals surface area contributed by atoms with Crippen LogP contribution in [0.15, 0.2) is 36.5 Å². The first-order valence-electron chi connectivity index (χ1n) is 6.22. The minimum Gasteiger partial charge on any atom is -0.481 e. The number of para-hydroxylation sites is 1. The fourth-order valence-corrected chi connectivity index (χ4v) is 1.68. The van der Waals surface area contributed by atoms with Crippen molar-refractivity contribution in [2.75, 3.05) is 0 Å².